The van der Waals surface area contributed by atoms with E-state index in [2.05, 4.69) is 28.3 Å². The number of hydrogen-bond acceptors (Lipinski definition) is 6. The number of aromatic nitrogens is 2. The van der Waals surface area contributed by atoms with Crippen LogP contribution in [-0.2, 0) is 6.54 Å². The van der Waals surface area contributed by atoms with Gasteiger partial charge in [-0.3, -0.25) is 4.79 Å². The average Bonchev–Trinajstić information content (AvgIpc) is 3.29. The van der Waals surface area contributed by atoms with E-state index in [4.69, 9.17) is 16.3 Å². The fraction of sp³-hybridized carbons (Fsp3) is 0.367. The number of fused-ring (bicyclic) bond motifs is 1. The molecule has 1 saturated carbocycles. The first-order chi connectivity index (χ1) is 18.5. The summed E-state index contributed by atoms with van der Waals surface area (Å²) in [6.45, 7) is 5.26. The van der Waals surface area contributed by atoms with Crippen LogP contribution in [0.15, 0.2) is 54.9 Å². The molecule has 1 N–H and O–H groups in total. The lowest BCUT2D eigenvalue weighted by atomic mass is 9.86. The van der Waals surface area contributed by atoms with Gasteiger partial charge in [-0.25, -0.2) is 9.97 Å². The molecule has 2 aromatic carbocycles. The molecular formula is C30H33ClN4O2S. The smallest absolute Gasteiger partial charge is 0.266 e. The molecule has 4 aromatic rings. The van der Waals surface area contributed by atoms with Gasteiger partial charge in [-0.05, 0) is 62.3 Å². The van der Waals surface area contributed by atoms with E-state index in [-0.39, 0.29) is 11.9 Å². The van der Waals surface area contributed by atoms with Crippen molar-refractivity contribution in [1.82, 2.24) is 14.9 Å². The van der Waals surface area contributed by atoms with E-state index in [1.165, 1.54) is 11.3 Å². The first kappa shape index (κ1) is 26.4. The van der Waals surface area contributed by atoms with Gasteiger partial charge in [0.25, 0.3) is 5.91 Å². The summed E-state index contributed by atoms with van der Waals surface area (Å²) in [5.74, 6) is 2.03. The van der Waals surface area contributed by atoms with Crippen molar-refractivity contribution in [2.24, 2.45) is 5.92 Å². The predicted octanol–water partition coefficient (Wildman–Crippen LogP) is 7.67. The third-order valence-corrected chi connectivity index (χ3v) is 8.99. The fourth-order valence-corrected chi connectivity index (χ4v) is 6.64. The molecule has 2 aromatic heterocycles. The highest BCUT2D eigenvalue weighted by Crippen LogP contribution is 2.38. The lowest BCUT2D eigenvalue weighted by molar-refractivity contribution is 0.0596. The van der Waals surface area contributed by atoms with Crippen LogP contribution in [0, 0.1) is 5.92 Å². The Morgan fingerprint density at radius 2 is 1.84 bits per heavy atom. The predicted molar refractivity (Wildman–Crippen MR) is 156 cm³/mol. The van der Waals surface area contributed by atoms with Gasteiger partial charge in [0, 0.05) is 53.2 Å². The number of ether oxygens (including phenoxy) is 1. The number of halogens is 1. The first-order valence-corrected chi connectivity index (χ1v) is 14.4. The molecule has 198 valence electrons. The van der Waals surface area contributed by atoms with Crippen molar-refractivity contribution < 1.29 is 9.53 Å². The van der Waals surface area contributed by atoms with Crippen molar-refractivity contribution >= 4 is 44.9 Å². The van der Waals surface area contributed by atoms with Crippen LogP contribution in [0.5, 0.6) is 5.75 Å². The highest BCUT2D eigenvalue weighted by atomic mass is 35.5. The van der Waals surface area contributed by atoms with Crippen LogP contribution in [0.2, 0.25) is 5.02 Å². The molecule has 8 heteroatoms. The number of rotatable bonds is 8. The Kier molecular flexibility index (Phi) is 8.15. The molecule has 38 heavy (non-hydrogen) atoms. The van der Waals surface area contributed by atoms with Gasteiger partial charge in [0.15, 0.2) is 0 Å². The average molecular weight is 549 g/mol. The second-order valence-corrected chi connectivity index (χ2v) is 11.3. The van der Waals surface area contributed by atoms with Gasteiger partial charge in [-0.15, -0.1) is 11.3 Å². The highest BCUT2D eigenvalue weighted by Gasteiger charge is 2.31. The normalized spacial score (nSPS) is 17.4. The van der Waals surface area contributed by atoms with Gasteiger partial charge in [0.1, 0.15) is 10.6 Å². The molecule has 1 aliphatic rings. The largest absolute Gasteiger partial charge is 0.494 e. The summed E-state index contributed by atoms with van der Waals surface area (Å²) >= 11 is 8.27. The Morgan fingerprint density at radius 3 is 2.53 bits per heavy atom. The second kappa shape index (κ2) is 11.7. The number of amides is 1. The maximum absolute atomic E-state index is 14.2. The van der Waals surface area contributed by atoms with Crippen LogP contribution in [0.4, 0.5) is 5.95 Å². The van der Waals surface area contributed by atoms with E-state index in [0.29, 0.717) is 34.9 Å². The van der Waals surface area contributed by atoms with Crippen LogP contribution >= 0.6 is 22.9 Å². The minimum Gasteiger partial charge on any atom is -0.494 e. The molecule has 1 amide bonds. The zero-order chi connectivity index (χ0) is 26.6. The van der Waals surface area contributed by atoms with Crippen LogP contribution < -0.4 is 10.1 Å². The maximum Gasteiger partial charge on any atom is 0.266 e. The summed E-state index contributed by atoms with van der Waals surface area (Å²) in [5.41, 5.74) is 2.85. The number of nitrogens with one attached hydrogen (secondary N) is 1. The number of anilines is 1. The third kappa shape index (κ3) is 5.49. The van der Waals surface area contributed by atoms with Crippen molar-refractivity contribution in [3.05, 3.63) is 70.3 Å². The van der Waals surface area contributed by atoms with Crippen molar-refractivity contribution in [2.75, 3.05) is 19.0 Å². The summed E-state index contributed by atoms with van der Waals surface area (Å²) in [7, 11) is 1.80. The Labute approximate surface area is 233 Å². The Hall–Kier alpha value is -3.16. The lowest BCUT2D eigenvalue weighted by Crippen LogP contribution is -2.41. The minimum atomic E-state index is -0.00897. The number of thiophene rings is 1. The highest BCUT2D eigenvalue weighted by molar-refractivity contribution is 7.21. The molecule has 6 nitrogen and oxygen atoms in total. The molecule has 5 rings (SSSR count). The van der Waals surface area contributed by atoms with E-state index >= 15 is 0 Å². The van der Waals surface area contributed by atoms with Gasteiger partial charge < -0.3 is 15.0 Å². The molecular weight excluding hydrogens is 516 g/mol. The maximum atomic E-state index is 14.2. The molecule has 0 unspecified atom stereocenters. The van der Waals surface area contributed by atoms with Gasteiger partial charge in [-0.1, -0.05) is 42.8 Å². The number of carbonyl (C=O) groups excluding carboxylic acids is 1. The summed E-state index contributed by atoms with van der Waals surface area (Å²) in [6.07, 6.45) is 7.81. The molecule has 1 fully saturated rings. The van der Waals surface area contributed by atoms with Gasteiger partial charge in [0.05, 0.1) is 11.6 Å². The lowest BCUT2D eigenvalue weighted by Gasteiger charge is -2.36. The summed E-state index contributed by atoms with van der Waals surface area (Å²) in [4.78, 5) is 25.6. The van der Waals surface area contributed by atoms with Crippen LogP contribution in [0.1, 0.15) is 54.8 Å². The van der Waals surface area contributed by atoms with Crippen LogP contribution in [0.3, 0.4) is 0 Å². The van der Waals surface area contributed by atoms with E-state index in [9.17, 15) is 4.79 Å². The molecule has 0 saturated heterocycles. The number of benzene rings is 2. The Morgan fingerprint density at radius 1 is 1.11 bits per heavy atom. The summed E-state index contributed by atoms with van der Waals surface area (Å²) < 4.78 is 7.05. The first-order valence-electron chi connectivity index (χ1n) is 13.2. The standard InChI is InChI=1S/C30H33ClN4O2S/c1-4-37-25-14-11-20(22-16-33-30(32-3)34-17-22)15-21(25)18-35(23-12-9-19(2)10-13-23)29(36)28-27(31)24-7-5-6-8-26(24)38-28/h5-8,11,14-17,19,23H,4,9-10,12-13,18H2,1-3H3,(H,32,33,34)/t19-,23-. The quantitative estimate of drug-likeness (QED) is 0.244. The fourth-order valence-electron chi connectivity index (χ4n) is 5.17. The SMILES string of the molecule is CCOc1ccc(-c2cnc(NC)nc2)cc1CN(C(=O)c1sc2ccccc2c1Cl)[C@H]1CC[C@H](C)CC1. The monoisotopic (exact) mass is 548 g/mol. The number of carbonyl (C=O) groups is 1. The molecule has 0 atom stereocenters. The van der Waals surface area contributed by atoms with E-state index in [1.807, 2.05) is 48.2 Å². The van der Waals surface area contributed by atoms with Crippen LogP contribution in [0.25, 0.3) is 21.2 Å². The van der Waals surface area contributed by atoms with Crippen molar-refractivity contribution in [3.63, 3.8) is 0 Å². The van der Waals surface area contributed by atoms with Gasteiger partial charge >= 0.3 is 0 Å². The summed E-state index contributed by atoms with van der Waals surface area (Å²) in [6, 6.07) is 14.2. The second-order valence-electron chi connectivity index (χ2n) is 9.89. The van der Waals surface area contributed by atoms with E-state index < -0.39 is 0 Å². The topological polar surface area (TPSA) is 67.3 Å². The van der Waals surface area contributed by atoms with Gasteiger partial charge in [0.2, 0.25) is 5.95 Å². The Balaban J connectivity index is 1.53. The van der Waals surface area contributed by atoms with Crippen molar-refractivity contribution in [2.45, 2.75) is 52.1 Å². The molecule has 0 aliphatic heterocycles. The number of nitrogens with zero attached hydrogens (tertiary/aromatic N) is 3. The third-order valence-electron chi connectivity index (χ3n) is 7.33. The molecule has 0 bridgehead atoms. The zero-order valence-corrected chi connectivity index (χ0v) is 23.6. The van der Waals surface area contributed by atoms with E-state index in [1.54, 1.807) is 19.4 Å². The van der Waals surface area contributed by atoms with Crippen LogP contribution in [-0.4, -0.2) is 40.5 Å². The van der Waals surface area contributed by atoms with Crippen molar-refractivity contribution in [1.29, 1.82) is 0 Å². The number of hydrogen-bond donors (Lipinski definition) is 1. The Bertz CT molecular complexity index is 1410. The zero-order valence-electron chi connectivity index (χ0n) is 22.0. The van der Waals surface area contributed by atoms with E-state index in [0.717, 1.165) is 58.2 Å². The molecule has 0 radical (unpaired) electrons. The van der Waals surface area contributed by atoms with Gasteiger partial charge in [-0.2, -0.15) is 0 Å². The van der Waals surface area contributed by atoms with Crippen molar-refractivity contribution in [3.8, 4) is 16.9 Å². The molecule has 1 aliphatic carbocycles. The molecule has 2 heterocycles. The molecule has 0 spiro atoms. The summed E-state index contributed by atoms with van der Waals surface area (Å²) in [5, 5.41) is 4.43. The minimum absolute atomic E-state index is 0.00897.